The van der Waals surface area contributed by atoms with E-state index in [0.717, 1.165) is 33.4 Å². The van der Waals surface area contributed by atoms with Crippen molar-refractivity contribution in [1.82, 2.24) is 15.1 Å². The molecule has 0 aromatic heterocycles. The summed E-state index contributed by atoms with van der Waals surface area (Å²) in [6.07, 6.45) is 1.09. The molecule has 2 aromatic carbocycles. The molecule has 1 saturated heterocycles. The fourth-order valence-electron chi connectivity index (χ4n) is 7.31. The van der Waals surface area contributed by atoms with Crippen LogP contribution in [-0.2, 0) is 17.6 Å². The number of phenols is 2. The van der Waals surface area contributed by atoms with Gasteiger partial charge in [0.15, 0.2) is 11.5 Å². The molecule has 0 spiro atoms. The molecule has 1 fully saturated rings. The van der Waals surface area contributed by atoms with Crippen molar-refractivity contribution in [1.29, 1.82) is 5.26 Å². The minimum atomic E-state index is -0.483. The van der Waals surface area contributed by atoms with E-state index in [1.54, 1.807) is 0 Å². The summed E-state index contributed by atoms with van der Waals surface area (Å²) < 4.78 is 11.7. The number of aromatic hydroxyl groups is 2. The second kappa shape index (κ2) is 10.7. The Hall–Kier alpha value is -2.04. The number of nitrogens with one attached hydrogen (secondary N) is 1. The van der Waals surface area contributed by atoms with Gasteiger partial charge in [-0.3, -0.25) is 14.6 Å². The summed E-state index contributed by atoms with van der Waals surface area (Å²) in [4.78, 5) is 17.2. The minimum Gasteiger partial charge on any atom is -0.507 e. The van der Waals surface area contributed by atoms with Gasteiger partial charge in [0, 0.05) is 90.9 Å². The third-order valence-electron chi connectivity index (χ3n) is 9.46. The van der Waals surface area contributed by atoms with E-state index in [1.165, 1.54) is 0 Å². The Balaban J connectivity index is 0.00000323. The number of hydrogen-bond donors (Lipinski definition) is 3. The topological polar surface area (TPSA) is 118 Å². The number of rotatable bonds is 3. The number of aryl methyl sites for hydroxylation is 1. The second-order valence-corrected chi connectivity index (χ2v) is 11.8. The van der Waals surface area contributed by atoms with E-state index >= 15 is 0 Å². The van der Waals surface area contributed by atoms with Crippen LogP contribution in [0.3, 0.4) is 0 Å². The van der Waals surface area contributed by atoms with Crippen LogP contribution in [0.1, 0.15) is 64.9 Å². The molecular formula is C30H36AcN4O5. The number of nitriles is 1. The number of carbonyl (C=O) groups is 1. The maximum atomic E-state index is 12.7. The minimum absolute atomic E-state index is 0. The standard InChI is InChI=1S/C30H36N4O5.Ac/c1-13(2)30(37)32-11-22-24-18(26(35)16(5)28-29(24)39-12-38-28)9-20-25-23-17(7-14(3)15(4)27(23)36)8-19(33(25)6)21(10-31)34(20)22;/h7,13,19-22,25,35-36H,8-9,11-12H2,1-6H3,(H,32,37);/t19-,20?,21+,22+,25-;/m1./s1. The van der Waals surface area contributed by atoms with Gasteiger partial charge in [-0.2, -0.15) is 5.26 Å². The molecule has 1 radical (unpaired) electrons. The van der Waals surface area contributed by atoms with Crippen LogP contribution < -0.4 is 14.8 Å². The molecule has 1 unspecified atom stereocenters. The number of benzene rings is 2. The number of phenolic OH excluding ortho intramolecular Hbond substituents is 2. The molecule has 4 aliphatic rings. The van der Waals surface area contributed by atoms with Crippen LogP contribution in [0.25, 0.3) is 0 Å². The van der Waals surface area contributed by atoms with Gasteiger partial charge < -0.3 is 25.0 Å². The summed E-state index contributed by atoms with van der Waals surface area (Å²) in [7, 11) is 2.03. The average Bonchev–Trinajstić information content (AvgIpc) is 3.39. The van der Waals surface area contributed by atoms with Gasteiger partial charge in [-0.15, -0.1) is 0 Å². The molecule has 4 heterocycles. The number of likely N-dealkylation sites (N-methyl/N-ethyl adjacent to an activating group) is 1. The van der Waals surface area contributed by atoms with Crippen molar-refractivity contribution >= 4 is 5.91 Å². The monoisotopic (exact) mass is 759 g/mol. The molecule has 0 aliphatic carbocycles. The fourth-order valence-corrected chi connectivity index (χ4v) is 7.31. The van der Waals surface area contributed by atoms with E-state index in [9.17, 15) is 20.3 Å². The van der Waals surface area contributed by atoms with Crippen LogP contribution in [-0.4, -0.2) is 64.4 Å². The van der Waals surface area contributed by atoms with Crippen LogP contribution in [0, 0.1) is 82.1 Å². The molecule has 0 saturated carbocycles. The first-order chi connectivity index (χ1) is 18.6. The van der Waals surface area contributed by atoms with Gasteiger partial charge in [-0.1, -0.05) is 19.9 Å². The normalized spacial score (nSPS) is 26.3. The number of ether oxygens (including phenoxy) is 2. The van der Waals surface area contributed by atoms with Crippen LogP contribution in [0.2, 0.25) is 0 Å². The third kappa shape index (κ3) is 4.15. The average molecular weight is 760 g/mol. The quantitative estimate of drug-likeness (QED) is 0.437. The summed E-state index contributed by atoms with van der Waals surface area (Å²) >= 11 is 0. The molecule has 209 valence electrons. The van der Waals surface area contributed by atoms with Gasteiger partial charge in [0.25, 0.3) is 0 Å². The van der Waals surface area contributed by atoms with Crippen molar-refractivity contribution in [3.8, 4) is 29.1 Å². The van der Waals surface area contributed by atoms with Crippen LogP contribution in [0.5, 0.6) is 23.0 Å². The molecule has 3 N–H and O–H groups in total. The molecule has 2 bridgehead atoms. The Kier molecular flexibility index (Phi) is 7.85. The zero-order valence-corrected chi connectivity index (χ0v) is 28.7. The van der Waals surface area contributed by atoms with Gasteiger partial charge >= 0.3 is 0 Å². The summed E-state index contributed by atoms with van der Waals surface area (Å²) in [6.45, 7) is 9.76. The number of piperazine rings is 1. The van der Waals surface area contributed by atoms with Gasteiger partial charge in [0.1, 0.15) is 17.5 Å². The Morgan fingerprint density at radius 3 is 2.48 bits per heavy atom. The van der Waals surface area contributed by atoms with Gasteiger partial charge in [-0.25, -0.2) is 0 Å². The summed E-state index contributed by atoms with van der Waals surface area (Å²) in [5.41, 5.74) is 6.01. The molecule has 6 rings (SSSR count). The van der Waals surface area contributed by atoms with Crippen molar-refractivity contribution in [2.75, 3.05) is 20.4 Å². The number of carbonyl (C=O) groups excluding carboxylic acids is 1. The van der Waals surface area contributed by atoms with E-state index in [-0.39, 0.29) is 93.1 Å². The zero-order chi connectivity index (χ0) is 27.9. The van der Waals surface area contributed by atoms with E-state index < -0.39 is 12.1 Å². The van der Waals surface area contributed by atoms with Crippen molar-refractivity contribution in [3.05, 3.63) is 45.0 Å². The Bertz CT molecular complexity index is 1440. The molecule has 10 heteroatoms. The van der Waals surface area contributed by atoms with Gasteiger partial charge in [0.05, 0.1) is 18.2 Å². The Labute approximate surface area is 271 Å². The van der Waals surface area contributed by atoms with Crippen LogP contribution in [0.15, 0.2) is 6.07 Å². The third-order valence-corrected chi connectivity index (χ3v) is 9.46. The second-order valence-electron chi connectivity index (χ2n) is 11.8. The van der Waals surface area contributed by atoms with E-state index in [0.29, 0.717) is 35.7 Å². The van der Waals surface area contributed by atoms with Crippen LogP contribution >= 0.6 is 0 Å². The largest absolute Gasteiger partial charge is 0.507 e. The summed E-state index contributed by atoms with van der Waals surface area (Å²) in [6, 6.07) is 3.29. The predicted octanol–water partition coefficient (Wildman–Crippen LogP) is 3.30. The van der Waals surface area contributed by atoms with E-state index in [1.807, 2.05) is 41.7 Å². The SMILES string of the molecule is Cc1cc2c(c(O)c1C)[C@H]1C3Cc4c(O)c(C)c5c(c4[C@H](CNC(=O)C(C)C)N3[C@@H](C#N)[C@@H](C2)N1C)OCO5.[Ac]. The number of nitrogens with zero attached hydrogens (tertiary/aromatic N) is 3. The van der Waals surface area contributed by atoms with E-state index in [2.05, 4.69) is 27.3 Å². The molecule has 1 amide bonds. The zero-order valence-electron chi connectivity index (χ0n) is 23.9. The van der Waals surface area contributed by atoms with E-state index in [4.69, 9.17) is 9.47 Å². The molecule has 40 heavy (non-hydrogen) atoms. The first kappa shape index (κ1) is 29.5. The first-order valence-electron chi connectivity index (χ1n) is 13.7. The fraction of sp³-hybridized carbons (Fsp3) is 0.533. The summed E-state index contributed by atoms with van der Waals surface area (Å²) in [5.74, 6) is 1.28. The first-order valence-corrected chi connectivity index (χ1v) is 13.7. The smallest absolute Gasteiger partial charge is 0.231 e. The van der Waals surface area contributed by atoms with Crippen molar-refractivity contribution < 1.29 is 68.5 Å². The maximum Gasteiger partial charge on any atom is 0.231 e. The summed E-state index contributed by atoms with van der Waals surface area (Å²) in [5, 5.41) is 36.6. The number of amides is 1. The maximum absolute atomic E-state index is 12.7. The molecule has 9 nitrogen and oxygen atoms in total. The molecule has 2 aromatic rings. The molecule has 5 atom stereocenters. The van der Waals surface area contributed by atoms with Crippen molar-refractivity contribution in [2.24, 2.45) is 5.92 Å². The van der Waals surface area contributed by atoms with Gasteiger partial charge in [0.2, 0.25) is 12.7 Å². The van der Waals surface area contributed by atoms with Gasteiger partial charge in [-0.05, 0) is 57.4 Å². The predicted molar refractivity (Wildman–Crippen MR) is 144 cm³/mol. The Morgan fingerprint density at radius 1 is 1.10 bits per heavy atom. The van der Waals surface area contributed by atoms with Crippen molar-refractivity contribution in [3.63, 3.8) is 0 Å². The number of fused-ring (bicyclic) bond motifs is 9. The van der Waals surface area contributed by atoms with Crippen LogP contribution in [0.4, 0.5) is 0 Å². The molecular weight excluding hydrogens is 723 g/mol. The molecule has 4 aliphatic heterocycles. The number of hydrogen-bond acceptors (Lipinski definition) is 8. The van der Waals surface area contributed by atoms with Crippen molar-refractivity contribution in [2.45, 2.75) is 77.7 Å². The Morgan fingerprint density at radius 2 is 1.80 bits per heavy atom.